The van der Waals surface area contributed by atoms with Crippen LogP contribution in [-0.4, -0.2) is 37.6 Å². The summed E-state index contributed by atoms with van der Waals surface area (Å²) in [7, 11) is 4.48. The van der Waals surface area contributed by atoms with Gasteiger partial charge >= 0.3 is 0 Å². The number of fused-ring (bicyclic) bond motifs is 2. The lowest BCUT2D eigenvalue weighted by Gasteiger charge is -2.31. The Labute approximate surface area is 106 Å². The molecule has 5 atom stereocenters. The molecule has 0 aromatic heterocycles. The third kappa shape index (κ3) is 2.39. The van der Waals surface area contributed by atoms with Crippen LogP contribution in [0.2, 0.25) is 0 Å². The Kier molecular flexibility index (Phi) is 3.45. The van der Waals surface area contributed by atoms with E-state index in [0.29, 0.717) is 0 Å². The smallest absolute Gasteiger partial charge is 0.0108 e. The highest BCUT2D eigenvalue weighted by Crippen LogP contribution is 2.48. The lowest BCUT2D eigenvalue weighted by molar-refractivity contribution is 0.173. The van der Waals surface area contributed by atoms with Gasteiger partial charge in [0.2, 0.25) is 0 Å². The zero-order valence-electron chi connectivity index (χ0n) is 11.5. The molecule has 2 nitrogen and oxygen atoms in total. The minimum absolute atomic E-state index is 0.780. The quantitative estimate of drug-likeness (QED) is 0.807. The van der Waals surface area contributed by atoms with Gasteiger partial charge in [-0.1, -0.05) is 6.42 Å². The lowest BCUT2D eigenvalue weighted by Crippen LogP contribution is -2.36. The molecule has 2 heteroatoms. The van der Waals surface area contributed by atoms with Crippen molar-refractivity contribution in [2.45, 2.75) is 57.0 Å². The number of hydrogen-bond donors (Lipinski definition) is 1. The number of hydrogen-bond acceptors (Lipinski definition) is 2. The molecule has 0 aromatic rings. The fourth-order valence-corrected chi connectivity index (χ4v) is 4.74. The molecule has 0 heterocycles. The SMILES string of the molecule is CNC1CCC(N(C)CC2CC3CCC2C3)C1. The first-order valence-electron chi connectivity index (χ1n) is 7.63. The summed E-state index contributed by atoms with van der Waals surface area (Å²) < 4.78 is 0. The van der Waals surface area contributed by atoms with Crippen LogP contribution in [0.4, 0.5) is 0 Å². The van der Waals surface area contributed by atoms with Crippen molar-refractivity contribution >= 4 is 0 Å². The van der Waals surface area contributed by atoms with Crippen LogP contribution in [0, 0.1) is 17.8 Å². The average Bonchev–Trinajstić information content (AvgIpc) is 3.04. The topological polar surface area (TPSA) is 15.3 Å². The summed E-state index contributed by atoms with van der Waals surface area (Å²) in [4.78, 5) is 2.68. The van der Waals surface area contributed by atoms with Crippen LogP contribution < -0.4 is 5.32 Å². The van der Waals surface area contributed by atoms with E-state index in [4.69, 9.17) is 0 Å². The van der Waals surface area contributed by atoms with E-state index in [1.54, 1.807) is 6.42 Å². The molecule has 0 spiro atoms. The van der Waals surface area contributed by atoms with Crippen LogP contribution in [0.5, 0.6) is 0 Å². The van der Waals surface area contributed by atoms with E-state index in [0.717, 1.165) is 29.8 Å². The van der Waals surface area contributed by atoms with Crippen LogP contribution in [0.3, 0.4) is 0 Å². The number of nitrogens with zero attached hydrogens (tertiary/aromatic N) is 1. The molecule has 3 aliphatic carbocycles. The molecule has 0 amide bonds. The predicted octanol–water partition coefficient (Wildman–Crippen LogP) is 2.49. The van der Waals surface area contributed by atoms with Crippen LogP contribution in [0.15, 0.2) is 0 Å². The molecule has 3 saturated carbocycles. The predicted molar refractivity (Wildman–Crippen MR) is 72.1 cm³/mol. The van der Waals surface area contributed by atoms with Crippen LogP contribution in [0.25, 0.3) is 0 Å². The Morgan fingerprint density at radius 1 is 1.06 bits per heavy atom. The van der Waals surface area contributed by atoms with E-state index in [1.807, 2.05) is 0 Å². The molecule has 0 saturated heterocycles. The largest absolute Gasteiger partial charge is 0.317 e. The minimum Gasteiger partial charge on any atom is -0.317 e. The maximum atomic E-state index is 3.44. The van der Waals surface area contributed by atoms with E-state index in [9.17, 15) is 0 Å². The molecule has 2 bridgehead atoms. The van der Waals surface area contributed by atoms with Crippen LogP contribution >= 0.6 is 0 Å². The zero-order chi connectivity index (χ0) is 11.8. The molecule has 0 radical (unpaired) electrons. The van der Waals surface area contributed by atoms with Gasteiger partial charge in [0.05, 0.1) is 0 Å². The Balaban J connectivity index is 1.49. The van der Waals surface area contributed by atoms with Gasteiger partial charge in [0.25, 0.3) is 0 Å². The fourth-order valence-electron chi connectivity index (χ4n) is 4.74. The van der Waals surface area contributed by atoms with Crippen molar-refractivity contribution < 1.29 is 0 Å². The monoisotopic (exact) mass is 236 g/mol. The molecule has 5 unspecified atom stereocenters. The Hall–Kier alpha value is -0.0800. The summed E-state index contributed by atoms with van der Waals surface area (Å²) >= 11 is 0. The van der Waals surface area contributed by atoms with Crippen molar-refractivity contribution in [3.63, 3.8) is 0 Å². The van der Waals surface area contributed by atoms with Crippen molar-refractivity contribution in [3.05, 3.63) is 0 Å². The van der Waals surface area contributed by atoms with E-state index in [2.05, 4.69) is 24.3 Å². The zero-order valence-corrected chi connectivity index (χ0v) is 11.5. The van der Waals surface area contributed by atoms with Gasteiger partial charge in [-0.15, -0.1) is 0 Å². The first-order chi connectivity index (χ1) is 8.26. The van der Waals surface area contributed by atoms with Crippen molar-refractivity contribution in [1.82, 2.24) is 10.2 Å². The second-order valence-corrected chi connectivity index (χ2v) is 6.83. The third-order valence-electron chi connectivity index (χ3n) is 5.84. The van der Waals surface area contributed by atoms with Gasteiger partial charge in [-0.05, 0) is 70.4 Å². The second-order valence-electron chi connectivity index (χ2n) is 6.83. The summed E-state index contributed by atoms with van der Waals surface area (Å²) in [5.74, 6) is 3.23. The summed E-state index contributed by atoms with van der Waals surface area (Å²) in [6.45, 7) is 1.38. The van der Waals surface area contributed by atoms with Crippen molar-refractivity contribution in [3.8, 4) is 0 Å². The third-order valence-corrected chi connectivity index (χ3v) is 5.84. The van der Waals surface area contributed by atoms with E-state index >= 15 is 0 Å². The molecule has 3 rings (SSSR count). The summed E-state index contributed by atoms with van der Waals surface area (Å²) in [6.07, 6.45) is 10.3. The van der Waals surface area contributed by atoms with Gasteiger partial charge in [-0.2, -0.15) is 0 Å². The van der Waals surface area contributed by atoms with Gasteiger partial charge < -0.3 is 10.2 Å². The highest BCUT2D eigenvalue weighted by molar-refractivity contribution is 4.93. The van der Waals surface area contributed by atoms with Gasteiger partial charge in [-0.3, -0.25) is 0 Å². The molecule has 0 aliphatic heterocycles. The summed E-state index contributed by atoms with van der Waals surface area (Å²) in [5, 5.41) is 3.44. The van der Waals surface area contributed by atoms with Crippen LogP contribution in [-0.2, 0) is 0 Å². The molecular weight excluding hydrogens is 208 g/mol. The molecule has 98 valence electrons. The van der Waals surface area contributed by atoms with Gasteiger partial charge in [-0.25, -0.2) is 0 Å². The Morgan fingerprint density at radius 3 is 2.53 bits per heavy atom. The van der Waals surface area contributed by atoms with E-state index < -0.39 is 0 Å². The van der Waals surface area contributed by atoms with Crippen molar-refractivity contribution in [1.29, 1.82) is 0 Å². The van der Waals surface area contributed by atoms with E-state index in [1.165, 1.54) is 45.1 Å². The van der Waals surface area contributed by atoms with Gasteiger partial charge in [0, 0.05) is 18.6 Å². The standard InChI is InChI=1S/C15H28N2/c1-16-14-5-6-15(9-14)17(2)10-13-8-11-3-4-12(13)7-11/h11-16H,3-10H2,1-2H3. The minimum atomic E-state index is 0.780. The average molecular weight is 236 g/mol. The molecule has 17 heavy (non-hydrogen) atoms. The molecule has 0 aromatic carbocycles. The van der Waals surface area contributed by atoms with Gasteiger partial charge in [0.15, 0.2) is 0 Å². The van der Waals surface area contributed by atoms with Crippen LogP contribution in [0.1, 0.15) is 44.9 Å². The summed E-state index contributed by atoms with van der Waals surface area (Å²) in [5.41, 5.74) is 0. The number of rotatable bonds is 4. The van der Waals surface area contributed by atoms with Crippen molar-refractivity contribution in [2.75, 3.05) is 20.6 Å². The maximum Gasteiger partial charge on any atom is 0.0108 e. The normalized spacial score (nSPS) is 45.0. The first kappa shape index (κ1) is 12.0. The fraction of sp³-hybridized carbons (Fsp3) is 1.00. The highest BCUT2D eigenvalue weighted by Gasteiger charge is 2.40. The molecular formula is C15H28N2. The Morgan fingerprint density at radius 2 is 1.94 bits per heavy atom. The number of nitrogens with one attached hydrogen (secondary N) is 1. The highest BCUT2D eigenvalue weighted by atomic mass is 15.1. The lowest BCUT2D eigenvalue weighted by atomic mass is 9.88. The summed E-state index contributed by atoms with van der Waals surface area (Å²) in [6, 6.07) is 1.63. The van der Waals surface area contributed by atoms with Crippen molar-refractivity contribution in [2.24, 2.45) is 17.8 Å². The molecule has 1 N–H and O–H groups in total. The second kappa shape index (κ2) is 4.89. The van der Waals surface area contributed by atoms with E-state index in [-0.39, 0.29) is 0 Å². The maximum absolute atomic E-state index is 3.44. The Bertz CT molecular complexity index is 266. The molecule has 3 fully saturated rings. The first-order valence-corrected chi connectivity index (χ1v) is 7.63. The molecule has 3 aliphatic rings. The van der Waals surface area contributed by atoms with Gasteiger partial charge in [0.1, 0.15) is 0 Å².